The van der Waals surface area contributed by atoms with E-state index in [0.717, 1.165) is 13.0 Å². The second kappa shape index (κ2) is 5.02. The first-order valence-electron chi connectivity index (χ1n) is 5.57. The van der Waals surface area contributed by atoms with Crippen LogP contribution in [-0.2, 0) is 4.79 Å². The van der Waals surface area contributed by atoms with Crippen LogP contribution in [-0.4, -0.2) is 18.5 Å². The predicted octanol–water partition coefficient (Wildman–Crippen LogP) is 2.42. The Morgan fingerprint density at radius 1 is 1.59 bits per heavy atom. The van der Waals surface area contributed by atoms with Gasteiger partial charge in [-0.15, -0.1) is 0 Å². The lowest BCUT2D eigenvalue weighted by Crippen LogP contribution is -2.32. The molecule has 3 nitrogen and oxygen atoms in total. The summed E-state index contributed by atoms with van der Waals surface area (Å²) in [5.74, 6) is -0.751. The Kier molecular flexibility index (Phi) is 3.64. The third-order valence-electron chi connectivity index (χ3n) is 3.05. The quantitative estimate of drug-likeness (QED) is 0.853. The Hall–Kier alpha value is -1.13. The van der Waals surface area contributed by atoms with Gasteiger partial charge in [-0.2, -0.15) is 0 Å². The normalized spacial score (nSPS) is 23.7. The van der Waals surface area contributed by atoms with E-state index in [9.17, 15) is 9.18 Å². The van der Waals surface area contributed by atoms with Gasteiger partial charge in [0.15, 0.2) is 0 Å². The third kappa shape index (κ3) is 2.76. The Balaban J connectivity index is 2.10. The van der Waals surface area contributed by atoms with Crippen molar-refractivity contribution in [3.8, 4) is 0 Å². The molecule has 2 rings (SSSR count). The minimum Gasteiger partial charge on any atom is -0.323 e. The van der Waals surface area contributed by atoms with E-state index in [-0.39, 0.29) is 23.6 Å². The smallest absolute Gasteiger partial charge is 0.229 e. The van der Waals surface area contributed by atoms with Crippen LogP contribution in [0.15, 0.2) is 18.2 Å². The summed E-state index contributed by atoms with van der Waals surface area (Å²) in [6.07, 6.45) is 0.773. The molecule has 0 spiro atoms. The summed E-state index contributed by atoms with van der Waals surface area (Å²) in [6, 6.07) is 4.24. The van der Waals surface area contributed by atoms with E-state index in [2.05, 4.69) is 10.6 Å². The van der Waals surface area contributed by atoms with Crippen LogP contribution < -0.4 is 10.6 Å². The van der Waals surface area contributed by atoms with Gasteiger partial charge in [0.1, 0.15) is 5.82 Å². The van der Waals surface area contributed by atoms with Crippen LogP contribution in [0.4, 0.5) is 10.1 Å². The van der Waals surface area contributed by atoms with Gasteiger partial charge in [-0.25, -0.2) is 4.39 Å². The largest absolute Gasteiger partial charge is 0.323 e. The van der Waals surface area contributed by atoms with Crippen molar-refractivity contribution in [3.05, 3.63) is 29.0 Å². The highest BCUT2D eigenvalue weighted by Crippen LogP contribution is 2.22. The molecule has 0 aromatic heterocycles. The molecule has 2 atom stereocenters. The van der Waals surface area contributed by atoms with E-state index in [0.29, 0.717) is 5.02 Å². The zero-order valence-electron chi connectivity index (χ0n) is 9.47. The average Bonchev–Trinajstić information content (AvgIpc) is 2.70. The van der Waals surface area contributed by atoms with Gasteiger partial charge >= 0.3 is 0 Å². The van der Waals surface area contributed by atoms with Gasteiger partial charge in [0.2, 0.25) is 5.91 Å². The number of carbonyl (C=O) groups is 1. The molecule has 0 bridgehead atoms. The van der Waals surface area contributed by atoms with Gasteiger partial charge in [0.25, 0.3) is 0 Å². The van der Waals surface area contributed by atoms with E-state index < -0.39 is 5.82 Å². The van der Waals surface area contributed by atoms with Gasteiger partial charge in [0, 0.05) is 11.1 Å². The lowest BCUT2D eigenvalue weighted by molar-refractivity contribution is -0.120. The van der Waals surface area contributed by atoms with E-state index in [1.807, 2.05) is 6.92 Å². The highest BCUT2D eigenvalue weighted by Gasteiger charge is 2.29. The number of rotatable bonds is 2. The molecule has 2 N–H and O–H groups in total. The second-order valence-electron chi connectivity index (χ2n) is 4.25. The molecule has 1 aromatic carbocycles. The van der Waals surface area contributed by atoms with E-state index in [4.69, 9.17) is 11.6 Å². The number of anilines is 1. The maximum Gasteiger partial charge on any atom is 0.229 e. The zero-order chi connectivity index (χ0) is 12.4. The highest BCUT2D eigenvalue weighted by atomic mass is 35.5. The molecule has 1 aliphatic heterocycles. The summed E-state index contributed by atoms with van der Waals surface area (Å²) in [7, 11) is 0. The van der Waals surface area contributed by atoms with Crippen molar-refractivity contribution in [2.75, 3.05) is 11.9 Å². The summed E-state index contributed by atoms with van der Waals surface area (Å²) < 4.78 is 13.4. The lowest BCUT2D eigenvalue weighted by atomic mass is 10.0. The molecule has 1 aromatic rings. The van der Waals surface area contributed by atoms with Gasteiger partial charge in [0.05, 0.1) is 11.6 Å². The van der Waals surface area contributed by atoms with Crippen LogP contribution in [0.1, 0.15) is 13.3 Å². The van der Waals surface area contributed by atoms with Crippen molar-refractivity contribution >= 4 is 23.2 Å². The topological polar surface area (TPSA) is 41.1 Å². The van der Waals surface area contributed by atoms with Crippen LogP contribution in [0, 0.1) is 11.7 Å². The fraction of sp³-hybridized carbons (Fsp3) is 0.417. The molecular weight excluding hydrogens is 243 g/mol. The maximum atomic E-state index is 13.4. The predicted molar refractivity (Wildman–Crippen MR) is 65.6 cm³/mol. The molecule has 92 valence electrons. The first-order chi connectivity index (χ1) is 8.08. The van der Waals surface area contributed by atoms with E-state index in [1.165, 1.54) is 18.2 Å². The van der Waals surface area contributed by atoms with Crippen LogP contribution in [0.5, 0.6) is 0 Å². The van der Waals surface area contributed by atoms with Gasteiger partial charge in [-0.1, -0.05) is 11.6 Å². The SMILES string of the molecule is CC1NCCC1C(=O)Nc1cc(Cl)ccc1F. The molecule has 5 heteroatoms. The maximum absolute atomic E-state index is 13.4. The van der Waals surface area contributed by atoms with Crippen molar-refractivity contribution in [2.24, 2.45) is 5.92 Å². The minimum atomic E-state index is -0.471. The number of carbonyl (C=O) groups excluding carboxylic acids is 1. The van der Waals surface area contributed by atoms with Crippen LogP contribution in [0.3, 0.4) is 0 Å². The van der Waals surface area contributed by atoms with Crippen molar-refractivity contribution in [1.82, 2.24) is 5.32 Å². The van der Waals surface area contributed by atoms with Crippen molar-refractivity contribution in [3.63, 3.8) is 0 Å². The van der Waals surface area contributed by atoms with Gasteiger partial charge in [-0.05, 0) is 38.1 Å². The summed E-state index contributed by atoms with van der Waals surface area (Å²) in [5.41, 5.74) is 0.140. The zero-order valence-corrected chi connectivity index (χ0v) is 10.2. The Morgan fingerprint density at radius 2 is 2.35 bits per heavy atom. The summed E-state index contributed by atoms with van der Waals surface area (Å²) in [4.78, 5) is 11.9. The lowest BCUT2D eigenvalue weighted by Gasteiger charge is -2.15. The molecule has 1 fully saturated rings. The number of amides is 1. The third-order valence-corrected chi connectivity index (χ3v) is 3.28. The molecular formula is C12H14ClFN2O. The molecule has 0 radical (unpaired) electrons. The van der Waals surface area contributed by atoms with Gasteiger partial charge in [-0.3, -0.25) is 4.79 Å². The first kappa shape index (κ1) is 12.3. The average molecular weight is 257 g/mol. The fourth-order valence-electron chi connectivity index (χ4n) is 2.04. The Bertz CT molecular complexity index is 439. The summed E-state index contributed by atoms with van der Waals surface area (Å²) in [6.45, 7) is 2.77. The molecule has 2 unspecified atom stereocenters. The van der Waals surface area contributed by atoms with Crippen molar-refractivity contribution in [2.45, 2.75) is 19.4 Å². The Labute approximate surface area is 104 Å². The number of hydrogen-bond acceptors (Lipinski definition) is 2. The number of benzene rings is 1. The van der Waals surface area contributed by atoms with Crippen LogP contribution in [0.25, 0.3) is 0 Å². The standard InChI is InChI=1S/C12H14ClFN2O/c1-7-9(4-5-15-7)12(17)16-11-6-8(13)2-3-10(11)14/h2-3,6-7,9,15H,4-5H2,1H3,(H,16,17). The monoisotopic (exact) mass is 256 g/mol. The first-order valence-corrected chi connectivity index (χ1v) is 5.95. The highest BCUT2D eigenvalue weighted by molar-refractivity contribution is 6.30. The summed E-state index contributed by atoms with van der Waals surface area (Å²) >= 11 is 5.76. The summed E-state index contributed by atoms with van der Waals surface area (Å²) in [5, 5.41) is 6.17. The molecule has 1 heterocycles. The number of halogens is 2. The molecule has 1 amide bonds. The molecule has 1 aliphatic rings. The van der Waals surface area contributed by atoms with E-state index in [1.54, 1.807) is 0 Å². The molecule has 1 saturated heterocycles. The Morgan fingerprint density at radius 3 is 3.00 bits per heavy atom. The van der Waals surface area contributed by atoms with Crippen LogP contribution in [0.2, 0.25) is 5.02 Å². The number of nitrogens with one attached hydrogen (secondary N) is 2. The van der Waals surface area contributed by atoms with Crippen LogP contribution >= 0.6 is 11.6 Å². The second-order valence-corrected chi connectivity index (χ2v) is 4.69. The molecule has 0 saturated carbocycles. The molecule has 0 aliphatic carbocycles. The minimum absolute atomic E-state index is 0.117. The van der Waals surface area contributed by atoms with Crippen molar-refractivity contribution in [1.29, 1.82) is 0 Å². The molecule has 17 heavy (non-hydrogen) atoms. The van der Waals surface area contributed by atoms with Crippen molar-refractivity contribution < 1.29 is 9.18 Å². The number of hydrogen-bond donors (Lipinski definition) is 2. The fourth-order valence-corrected chi connectivity index (χ4v) is 2.21. The van der Waals surface area contributed by atoms with E-state index >= 15 is 0 Å². The van der Waals surface area contributed by atoms with Gasteiger partial charge < -0.3 is 10.6 Å².